The average Bonchev–Trinajstić information content (AvgIpc) is 2.66. The molecule has 2 N–H and O–H groups in total. The van der Waals surface area contributed by atoms with Gasteiger partial charge in [-0.2, -0.15) is 5.10 Å². The van der Waals surface area contributed by atoms with E-state index in [1.807, 2.05) is 0 Å². The van der Waals surface area contributed by atoms with Gasteiger partial charge in [0, 0.05) is 23.4 Å². The first-order valence-electron chi connectivity index (χ1n) is 9.97. The maximum Gasteiger partial charge on any atom is 0.271 e. The average molecular weight is 392 g/mol. The maximum absolute atomic E-state index is 12.2. The molecule has 1 aliphatic rings. The summed E-state index contributed by atoms with van der Waals surface area (Å²) < 4.78 is 0. The predicted molar refractivity (Wildman–Crippen MR) is 120 cm³/mol. The number of hydrazone groups is 1. The highest BCUT2D eigenvalue weighted by Gasteiger charge is 2.31. The Balaban J connectivity index is 1.85. The second kappa shape index (κ2) is 8.11. The molecule has 0 spiro atoms. The number of carbonyl (C=O) groups excluding carboxylic acids is 1. The van der Waals surface area contributed by atoms with Crippen LogP contribution in [0.4, 0.5) is 5.69 Å². The molecule has 0 atom stereocenters. The number of aromatic hydroxyl groups is 1. The van der Waals surface area contributed by atoms with Gasteiger partial charge < -0.3 is 10.0 Å². The molecule has 5 nitrogen and oxygen atoms in total. The number of phenolic OH excluding ortho intramolecular Hbond substituents is 1. The molecule has 0 fully saturated rings. The number of carbonyl (C=O) groups is 1. The molecule has 1 aliphatic heterocycles. The van der Waals surface area contributed by atoms with Crippen LogP contribution in [-0.4, -0.2) is 29.3 Å². The lowest BCUT2D eigenvalue weighted by atomic mass is 9.87. The fourth-order valence-electron chi connectivity index (χ4n) is 3.85. The van der Waals surface area contributed by atoms with E-state index in [4.69, 9.17) is 0 Å². The number of fused-ring (bicyclic) bond motifs is 1. The molecule has 1 heterocycles. The molecule has 3 rings (SSSR count). The van der Waals surface area contributed by atoms with Gasteiger partial charge in [-0.15, -0.1) is 0 Å². The van der Waals surface area contributed by atoms with Crippen molar-refractivity contribution in [2.45, 2.75) is 46.6 Å². The molecule has 0 aromatic heterocycles. The molecule has 0 aliphatic carbocycles. The molecule has 0 saturated heterocycles. The summed E-state index contributed by atoms with van der Waals surface area (Å²) in [5.74, 6) is -0.192. The van der Waals surface area contributed by atoms with Crippen LogP contribution in [0.15, 0.2) is 47.6 Å². The van der Waals surface area contributed by atoms with Crippen LogP contribution in [0.3, 0.4) is 0 Å². The number of rotatable bonds is 5. The van der Waals surface area contributed by atoms with E-state index in [1.165, 1.54) is 29.0 Å². The van der Waals surface area contributed by atoms with E-state index in [0.717, 1.165) is 24.1 Å². The molecule has 0 bridgehead atoms. The zero-order chi connectivity index (χ0) is 21.2. The third-order valence-electron chi connectivity index (χ3n) is 5.31. The quantitative estimate of drug-likeness (QED) is 0.564. The van der Waals surface area contributed by atoms with Crippen LogP contribution in [0.5, 0.6) is 5.75 Å². The highest BCUT2D eigenvalue weighted by Crippen LogP contribution is 2.40. The first-order chi connectivity index (χ1) is 13.7. The Hall–Kier alpha value is -3.08. The number of amides is 1. The number of hydrogen-bond donors (Lipinski definition) is 2. The number of nitrogens with one attached hydrogen (secondary N) is 1. The molecular weight excluding hydrogens is 362 g/mol. The van der Waals surface area contributed by atoms with Gasteiger partial charge >= 0.3 is 0 Å². The van der Waals surface area contributed by atoms with Crippen LogP contribution in [0.25, 0.3) is 5.57 Å². The van der Waals surface area contributed by atoms with Crippen LogP contribution in [0.1, 0.15) is 61.2 Å². The van der Waals surface area contributed by atoms with Crippen LogP contribution < -0.4 is 10.3 Å². The Bertz CT molecular complexity index is 972. The summed E-state index contributed by atoms with van der Waals surface area (Å²) in [6.07, 6.45) is 5.08. The van der Waals surface area contributed by atoms with Gasteiger partial charge in [-0.1, -0.05) is 13.0 Å². The van der Waals surface area contributed by atoms with Gasteiger partial charge in [0.15, 0.2) is 0 Å². The summed E-state index contributed by atoms with van der Waals surface area (Å²) in [5.41, 5.74) is 8.76. The largest absolute Gasteiger partial charge is 0.508 e. The minimum atomic E-state index is -0.316. The van der Waals surface area contributed by atoms with Crippen molar-refractivity contribution in [1.29, 1.82) is 0 Å². The van der Waals surface area contributed by atoms with E-state index >= 15 is 0 Å². The zero-order valence-electron chi connectivity index (χ0n) is 17.8. The first kappa shape index (κ1) is 20.6. The van der Waals surface area contributed by atoms with E-state index in [2.05, 4.69) is 68.3 Å². The van der Waals surface area contributed by atoms with Gasteiger partial charge in [-0.3, -0.25) is 4.79 Å². The van der Waals surface area contributed by atoms with E-state index in [-0.39, 0.29) is 17.2 Å². The fourth-order valence-corrected chi connectivity index (χ4v) is 3.85. The number of nitrogens with zero attached hydrogens (tertiary/aromatic N) is 2. The summed E-state index contributed by atoms with van der Waals surface area (Å²) >= 11 is 0. The van der Waals surface area contributed by atoms with Crippen molar-refractivity contribution < 1.29 is 9.90 Å². The van der Waals surface area contributed by atoms with Crippen molar-refractivity contribution >= 4 is 23.4 Å². The topological polar surface area (TPSA) is 64.9 Å². The van der Waals surface area contributed by atoms with E-state index < -0.39 is 0 Å². The van der Waals surface area contributed by atoms with E-state index in [0.29, 0.717) is 5.56 Å². The SMILES string of the molecule is CCCN1c2cc(C)c(/C=N\NC(=O)c3ccc(O)cc3)cc2C(C)=CC1(C)C. The first-order valence-corrected chi connectivity index (χ1v) is 9.97. The Labute approximate surface area is 172 Å². The molecular formula is C24H29N3O2. The van der Waals surface area contributed by atoms with Gasteiger partial charge in [0.05, 0.1) is 11.8 Å². The third kappa shape index (κ3) is 4.34. The molecule has 2 aromatic carbocycles. The van der Waals surface area contributed by atoms with Crippen LogP contribution in [0.2, 0.25) is 0 Å². The smallest absolute Gasteiger partial charge is 0.271 e. The molecule has 5 heteroatoms. The van der Waals surface area contributed by atoms with Crippen molar-refractivity contribution in [1.82, 2.24) is 5.43 Å². The summed E-state index contributed by atoms with van der Waals surface area (Å²) in [4.78, 5) is 14.6. The summed E-state index contributed by atoms with van der Waals surface area (Å²) in [6, 6.07) is 10.4. The van der Waals surface area contributed by atoms with Gasteiger partial charge in [0.25, 0.3) is 5.91 Å². The highest BCUT2D eigenvalue weighted by molar-refractivity contribution is 5.95. The molecule has 0 saturated carbocycles. The Morgan fingerprint density at radius 2 is 1.90 bits per heavy atom. The number of aryl methyl sites for hydroxylation is 1. The Morgan fingerprint density at radius 3 is 2.55 bits per heavy atom. The second-order valence-corrected chi connectivity index (χ2v) is 8.10. The van der Waals surface area contributed by atoms with Crippen LogP contribution >= 0.6 is 0 Å². The van der Waals surface area contributed by atoms with Gasteiger partial charge in [0.2, 0.25) is 0 Å². The molecule has 1 amide bonds. The highest BCUT2D eigenvalue weighted by atomic mass is 16.3. The number of benzene rings is 2. The predicted octanol–water partition coefficient (Wildman–Crippen LogP) is 4.88. The standard InChI is InChI=1S/C24H29N3O2/c1-6-11-27-22-12-16(2)19(13-21(22)17(3)14-24(27,4)5)15-25-26-23(29)18-7-9-20(28)10-8-18/h7-10,12-15,28H,6,11H2,1-5H3,(H,26,29)/b25-15-. The fraction of sp³-hybridized carbons (Fsp3) is 0.333. The minimum Gasteiger partial charge on any atom is -0.508 e. The van der Waals surface area contributed by atoms with Crippen molar-refractivity contribution in [2.24, 2.45) is 5.10 Å². The monoisotopic (exact) mass is 391 g/mol. The Morgan fingerprint density at radius 1 is 1.21 bits per heavy atom. The van der Waals surface area contributed by atoms with Crippen molar-refractivity contribution in [2.75, 3.05) is 11.4 Å². The van der Waals surface area contributed by atoms with Gasteiger partial charge in [0.1, 0.15) is 5.75 Å². The second-order valence-electron chi connectivity index (χ2n) is 8.10. The summed E-state index contributed by atoms with van der Waals surface area (Å²) in [6.45, 7) is 11.9. The number of allylic oxidation sites excluding steroid dienone is 1. The minimum absolute atomic E-state index is 0.0206. The molecule has 152 valence electrons. The molecule has 29 heavy (non-hydrogen) atoms. The number of anilines is 1. The van der Waals surface area contributed by atoms with E-state index in [9.17, 15) is 9.90 Å². The van der Waals surface area contributed by atoms with Gasteiger partial charge in [-0.05, 0) is 87.2 Å². The van der Waals surface area contributed by atoms with E-state index in [1.54, 1.807) is 18.3 Å². The van der Waals surface area contributed by atoms with Crippen molar-refractivity contribution in [3.05, 3.63) is 64.7 Å². The lowest BCUT2D eigenvalue weighted by Gasteiger charge is -2.43. The van der Waals surface area contributed by atoms with Crippen molar-refractivity contribution in [3.8, 4) is 5.75 Å². The third-order valence-corrected chi connectivity index (χ3v) is 5.31. The lowest BCUT2D eigenvalue weighted by Crippen LogP contribution is -2.45. The summed E-state index contributed by atoms with van der Waals surface area (Å²) in [5, 5.41) is 13.5. The summed E-state index contributed by atoms with van der Waals surface area (Å²) in [7, 11) is 0. The van der Waals surface area contributed by atoms with Crippen molar-refractivity contribution in [3.63, 3.8) is 0 Å². The number of phenols is 1. The normalized spacial score (nSPS) is 15.2. The Kier molecular flexibility index (Phi) is 5.78. The molecule has 2 aromatic rings. The molecule has 0 unspecified atom stereocenters. The van der Waals surface area contributed by atoms with Gasteiger partial charge in [-0.25, -0.2) is 5.43 Å². The molecule has 0 radical (unpaired) electrons. The zero-order valence-corrected chi connectivity index (χ0v) is 17.8. The maximum atomic E-state index is 12.2. The van der Waals surface area contributed by atoms with Crippen LogP contribution in [0, 0.1) is 6.92 Å². The lowest BCUT2D eigenvalue weighted by molar-refractivity contribution is 0.0955. The van der Waals surface area contributed by atoms with Crippen LogP contribution in [-0.2, 0) is 0 Å². The number of hydrogen-bond acceptors (Lipinski definition) is 4.